The van der Waals surface area contributed by atoms with Crippen molar-refractivity contribution in [3.8, 4) is 16.3 Å². The van der Waals surface area contributed by atoms with Gasteiger partial charge in [0.15, 0.2) is 0 Å². The van der Waals surface area contributed by atoms with Gasteiger partial charge in [-0.2, -0.15) is 0 Å². The molecule has 5 nitrogen and oxygen atoms in total. The van der Waals surface area contributed by atoms with E-state index in [4.69, 9.17) is 4.74 Å². The Bertz CT molecular complexity index is 746. The van der Waals surface area contributed by atoms with E-state index in [1.807, 2.05) is 18.2 Å². The van der Waals surface area contributed by atoms with E-state index < -0.39 is 0 Å². The molecule has 0 aliphatic carbocycles. The predicted octanol–water partition coefficient (Wildman–Crippen LogP) is 4.45. The van der Waals surface area contributed by atoms with E-state index in [0.717, 1.165) is 34.5 Å². The van der Waals surface area contributed by atoms with Crippen molar-refractivity contribution >= 4 is 16.5 Å². The fourth-order valence-electron chi connectivity index (χ4n) is 4.32. The molecule has 0 bridgehead atoms. The number of methoxy groups -OCH3 is 1. The second kappa shape index (κ2) is 8.15. The Morgan fingerprint density at radius 2 is 1.74 bits per heavy atom. The molecule has 2 saturated heterocycles. The molecule has 0 saturated carbocycles. The summed E-state index contributed by atoms with van der Waals surface area (Å²) in [5.41, 5.74) is 1.42. The molecule has 0 atom stereocenters. The Labute approximate surface area is 166 Å². The lowest BCUT2D eigenvalue weighted by Crippen LogP contribution is -2.54. The first-order chi connectivity index (χ1) is 13.2. The molecule has 0 N–H and O–H groups in total. The van der Waals surface area contributed by atoms with Gasteiger partial charge >= 0.3 is 0 Å². The number of nitrogens with zero attached hydrogens (tertiary/aromatic N) is 4. The van der Waals surface area contributed by atoms with Gasteiger partial charge in [-0.15, -0.1) is 10.2 Å². The van der Waals surface area contributed by atoms with Crippen LogP contribution in [0, 0.1) is 0 Å². The van der Waals surface area contributed by atoms with Gasteiger partial charge in [-0.05, 0) is 57.8 Å². The third-order valence-electron chi connectivity index (χ3n) is 6.21. The molecular weight excluding hydrogens is 356 g/mol. The molecule has 6 heteroatoms. The summed E-state index contributed by atoms with van der Waals surface area (Å²) in [6.45, 7) is 7.15. The van der Waals surface area contributed by atoms with Gasteiger partial charge in [-0.25, -0.2) is 0 Å². The number of rotatable bonds is 4. The smallest absolute Gasteiger partial charge is 0.208 e. The molecular formula is C21H30N4OS. The summed E-state index contributed by atoms with van der Waals surface area (Å²) in [5, 5.41) is 10.9. The van der Waals surface area contributed by atoms with Crippen molar-refractivity contribution in [3.63, 3.8) is 0 Å². The highest BCUT2D eigenvalue weighted by Gasteiger charge is 2.36. The Morgan fingerprint density at radius 1 is 1.00 bits per heavy atom. The van der Waals surface area contributed by atoms with Crippen LogP contribution in [0.15, 0.2) is 24.3 Å². The third-order valence-corrected chi connectivity index (χ3v) is 7.24. The van der Waals surface area contributed by atoms with Crippen LogP contribution in [0.4, 0.5) is 5.13 Å². The standard InChI is InChI=1S/C21H30N4OS/c1-21(25-12-5-3-4-6-13-25)10-14-24(15-11-21)20-23-22-19(27-20)17-8-7-9-18(16-17)26-2/h7-9,16H,3-6,10-15H2,1-2H3. The fourth-order valence-corrected chi connectivity index (χ4v) is 5.22. The van der Waals surface area contributed by atoms with Gasteiger partial charge in [0.05, 0.1) is 7.11 Å². The van der Waals surface area contributed by atoms with Gasteiger partial charge < -0.3 is 9.64 Å². The van der Waals surface area contributed by atoms with Crippen LogP contribution in [0.3, 0.4) is 0 Å². The highest BCUT2D eigenvalue weighted by atomic mass is 32.1. The summed E-state index contributed by atoms with van der Waals surface area (Å²) < 4.78 is 5.33. The normalized spacial score (nSPS) is 21.0. The summed E-state index contributed by atoms with van der Waals surface area (Å²) in [4.78, 5) is 5.18. The van der Waals surface area contributed by atoms with E-state index in [9.17, 15) is 0 Å². The molecule has 1 aromatic heterocycles. The predicted molar refractivity (Wildman–Crippen MR) is 112 cm³/mol. The van der Waals surface area contributed by atoms with E-state index in [1.54, 1.807) is 18.4 Å². The molecule has 2 aliphatic heterocycles. The SMILES string of the molecule is COc1cccc(-c2nnc(N3CCC(C)(N4CCCCCC4)CC3)s2)c1. The maximum absolute atomic E-state index is 5.33. The van der Waals surface area contributed by atoms with Crippen LogP contribution in [0.25, 0.3) is 10.6 Å². The van der Waals surface area contributed by atoms with Crippen molar-refractivity contribution in [1.29, 1.82) is 0 Å². The number of aromatic nitrogens is 2. The van der Waals surface area contributed by atoms with Crippen LogP contribution in [0.5, 0.6) is 5.75 Å². The monoisotopic (exact) mass is 386 g/mol. The lowest BCUT2D eigenvalue weighted by atomic mass is 9.87. The Morgan fingerprint density at radius 3 is 2.44 bits per heavy atom. The van der Waals surface area contributed by atoms with Gasteiger partial charge in [0.25, 0.3) is 0 Å². The number of hydrogen-bond donors (Lipinski definition) is 0. The van der Waals surface area contributed by atoms with Crippen molar-refractivity contribution < 1.29 is 4.74 Å². The first-order valence-electron chi connectivity index (χ1n) is 10.2. The summed E-state index contributed by atoms with van der Waals surface area (Å²) in [6, 6.07) is 8.05. The van der Waals surface area contributed by atoms with Crippen molar-refractivity contribution in [1.82, 2.24) is 15.1 Å². The van der Waals surface area contributed by atoms with Crippen molar-refractivity contribution in [2.75, 3.05) is 38.2 Å². The molecule has 4 rings (SSSR count). The Balaban J connectivity index is 1.42. The number of anilines is 1. The number of likely N-dealkylation sites (tertiary alicyclic amines) is 1. The number of ether oxygens (including phenoxy) is 1. The summed E-state index contributed by atoms with van der Waals surface area (Å²) in [6.07, 6.45) is 7.94. The largest absolute Gasteiger partial charge is 0.497 e. The Kier molecular flexibility index (Phi) is 5.64. The quantitative estimate of drug-likeness (QED) is 0.777. The van der Waals surface area contributed by atoms with Crippen LogP contribution in [-0.2, 0) is 0 Å². The van der Waals surface area contributed by atoms with Crippen LogP contribution in [0.2, 0.25) is 0 Å². The zero-order valence-electron chi connectivity index (χ0n) is 16.5. The highest BCUT2D eigenvalue weighted by molar-refractivity contribution is 7.18. The molecule has 0 amide bonds. The number of benzene rings is 1. The average Bonchev–Trinajstić information content (AvgIpc) is 3.03. The maximum atomic E-state index is 5.33. The van der Waals surface area contributed by atoms with E-state index in [2.05, 4.69) is 33.0 Å². The van der Waals surface area contributed by atoms with Gasteiger partial charge in [0.1, 0.15) is 10.8 Å². The van der Waals surface area contributed by atoms with E-state index in [0.29, 0.717) is 5.54 Å². The first-order valence-corrected chi connectivity index (χ1v) is 11.0. The summed E-state index contributed by atoms with van der Waals surface area (Å²) in [7, 11) is 1.69. The molecule has 0 spiro atoms. The first kappa shape index (κ1) is 18.7. The lowest BCUT2D eigenvalue weighted by molar-refractivity contribution is 0.0821. The van der Waals surface area contributed by atoms with Crippen molar-refractivity contribution in [2.24, 2.45) is 0 Å². The zero-order chi connectivity index (χ0) is 18.7. The van der Waals surface area contributed by atoms with Gasteiger partial charge in [0.2, 0.25) is 5.13 Å². The summed E-state index contributed by atoms with van der Waals surface area (Å²) in [5.74, 6) is 0.857. The van der Waals surface area contributed by atoms with Crippen molar-refractivity contribution in [2.45, 2.75) is 51.0 Å². The fraction of sp³-hybridized carbons (Fsp3) is 0.619. The molecule has 146 valence electrons. The van der Waals surface area contributed by atoms with Gasteiger partial charge in [-0.1, -0.05) is 36.3 Å². The number of piperidine rings is 1. The van der Waals surface area contributed by atoms with Gasteiger partial charge in [0, 0.05) is 24.2 Å². The molecule has 0 unspecified atom stereocenters. The molecule has 2 fully saturated rings. The second-order valence-electron chi connectivity index (χ2n) is 8.01. The molecule has 2 aliphatic rings. The van der Waals surface area contributed by atoms with Crippen LogP contribution in [0.1, 0.15) is 45.4 Å². The lowest BCUT2D eigenvalue weighted by Gasteiger charge is -2.46. The molecule has 27 heavy (non-hydrogen) atoms. The minimum Gasteiger partial charge on any atom is -0.497 e. The maximum Gasteiger partial charge on any atom is 0.208 e. The highest BCUT2D eigenvalue weighted by Crippen LogP contribution is 2.35. The molecule has 2 aromatic rings. The minimum atomic E-state index is 0.348. The zero-order valence-corrected chi connectivity index (χ0v) is 17.3. The van der Waals surface area contributed by atoms with Crippen LogP contribution in [-0.4, -0.2) is 53.9 Å². The van der Waals surface area contributed by atoms with Crippen molar-refractivity contribution in [3.05, 3.63) is 24.3 Å². The van der Waals surface area contributed by atoms with Gasteiger partial charge in [-0.3, -0.25) is 4.90 Å². The minimum absolute atomic E-state index is 0.348. The molecule has 1 aromatic carbocycles. The number of hydrogen-bond acceptors (Lipinski definition) is 6. The Hall–Kier alpha value is -1.66. The molecule has 3 heterocycles. The van der Waals surface area contributed by atoms with Crippen LogP contribution < -0.4 is 9.64 Å². The summed E-state index contributed by atoms with van der Waals surface area (Å²) >= 11 is 1.69. The van der Waals surface area contributed by atoms with Crippen LogP contribution >= 0.6 is 11.3 Å². The third kappa shape index (κ3) is 4.11. The average molecular weight is 387 g/mol. The van der Waals surface area contributed by atoms with E-state index in [-0.39, 0.29) is 0 Å². The van der Waals surface area contributed by atoms with E-state index >= 15 is 0 Å². The second-order valence-corrected chi connectivity index (χ2v) is 8.96. The topological polar surface area (TPSA) is 41.5 Å². The molecule has 0 radical (unpaired) electrons. The van der Waals surface area contributed by atoms with E-state index in [1.165, 1.54) is 51.6 Å².